The van der Waals surface area contributed by atoms with Crippen LogP contribution in [0.15, 0.2) is 18.2 Å². The molecule has 0 aromatic heterocycles. The topological polar surface area (TPSA) is 47.3 Å². The molecule has 0 fully saturated rings. The molecule has 0 saturated carbocycles. The van der Waals surface area contributed by atoms with Crippen LogP contribution in [0, 0.1) is 5.82 Å². The fraction of sp³-hybridized carbons (Fsp3) is 0.538. The minimum Gasteiger partial charge on any atom is -0.497 e. The van der Waals surface area contributed by atoms with Crippen LogP contribution in [-0.2, 0) is 0 Å². The minimum atomic E-state index is -0.290. The molecule has 1 rings (SSSR count). The van der Waals surface area contributed by atoms with Crippen LogP contribution in [0.1, 0.15) is 31.9 Å². The van der Waals surface area contributed by atoms with Gasteiger partial charge in [0.25, 0.3) is 0 Å². The van der Waals surface area contributed by atoms with E-state index in [1.807, 2.05) is 0 Å². The molecule has 102 valence electrons. The molecular weight excluding hydrogens is 251 g/mol. The highest BCUT2D eigenvalue weighted by Gasteiger charge is 2.16. The molecule has 2 atom stereocenters. The summed E-state index contributed by atoms with van der Waals surface area (Å²) in [6, 6.07) is 4.66. The molecule has 0 aliphatic rings. The summed E-state index contributed by atoms with van der Waals surface area (Å²) in [5.74, 6) is 6.48. The molecule has 0 amide bonds. The van der Waals surface area contributed by atoms with Crippen LogP contribution in [0.25, 0.3) is 0 Å². The van der Waals surface area contributed by atoms with E-state index < -0.39 is 0 Å². The monoisotopic (exact) mass is 272 g/mol. The van der Waals surface area contributed by atoms with Crippen molar-refractivity contribution in [1.29, 1.82) is 0 Å². The minimum absolute atomic E-state index is 0.185. The predicted molar refractivity (Wildman–Crippen MR) is 75.2 cm³/mol. The summed E-state index contributed by atoms with van der Waals surface area (Å²) in [6.07, 6.45) is 1.09. The van der Waals surface area contributed by atoms with Gasteiger partial charge in [-0.2, -0.15) is 11.8 Å². The van der Waals surface area contributed by atoms with Gasteiger partial charge in [-0.15, -0.1) is 0 Å². The van der Waals surface area contributed by atoms with Gasteiger partial charge in [-0.25, -0.2) is 4.39 Å². The zero-order chi connectivity index (χ0) is 13.5. The Morgan fingerprint density at radius 2 is 2.22 bits per heavy atom. The van der Waals surface area contributed by atoms with Crippen molar-refractivity contribution < 1.29 is 9.13 Å². The van der Waals surface area contributed by atoms with E-state index in [-0.39, 0.29) is 11.9 Å². The molecule has 1 aromatic carbocycles. The summed E-state index contributed by atoms with van der Waals surface area (Å²) in [6.45, 7) is 4.29. The van der Waals surface area contributed by atoms with Gasteiger partial charge >= 0.3 is 0 Å². The number of hydrogen-bond acceptors (Lipinski definition) is 4. The number of benzene rings is 1. The number of ether oxygens (including phenoxy) is 1. The highest BCUT2D eigenvalue weighted by atomic mass is 32.2. The largest absolute Gasteiger partial charge is 0.497 e. The Morgan fingerprint density at radius 3 is 2.72 bits per heavy atom. The first-order valence-electron chi connectivity index (χ1n) is 6.03. The summed E-state index contributed by atoms with van der Waals surface area (Å²) >= 11 is 1.78. The van der Waals surface area contributed by atoms with Gasteiger partial charge in [0.1, 0.15) is 11.6 Å². The van der Waals surface area contributed by atoms with Gasteiger partial charge in [0, 0.05) is 22.6 Å². The molecule has 0 aliphatic heterocycles. The Morgan fingerprint density at radius 1 is 1.50 bits per heavy atom. The number of methoxy groups -OCH3 is 1. The van der Waals surface area contributed by atoms with Crippen LogP contribution >= 0.6 is 11.8 Å². The summed E-state index contributed by atoms with van der Waals surface area (Å²) in [5, 5.41) is 0.544. The number of nitrogens with one attached hydrogen (secondary N) is 1. The van der Waals surface area contributed by atoms with Gasteiger partial charge < -0.3 is 4.74 Å². The highest BCUT2D eigenvalue weighted by Crippen LogP contribution is 2.26. The van der Waals surface area contributed by atoms with Gasteiger partial charge in [0.05, 0.1) is 13.2 Å². The third-order valence-corrected chi connectivity index (χ3v) is 4.33. The van der Waals surface area contributed by atoms with Crippen LogP contribution in [0.3, 0.4) is 0 Å². The fourth-order valence-electron chi connectivity index (χ4n) is 1.52. The summed E-state index contributed by atoms with van der Waals surface area (Å²) < 4.78 is 18.9. The Kier molecular flexibility index (Phi) is 6.46. The van der Waals surface area contributed by atoms with Crippen molar-refractivity contribution in [3.8, 4) is 5.75 Å². The number of thioether (sulfide) groups is 1. The number of halogens is 1. The average Bonchev–Trinajstić information content (AvgIpc) is 2.40. The lowest BCUT2D eigenvalue weighted by Crippen LogP contribution is -2.30. The summed E-state index contributed by atoms with van der Waals surface area (Å²) in [5.41, 5.74) is 3.25. The van der Waals surface area contributed by atoms with E-state index in [4.69, 9.17) is 10.6 Å². The van der Waals surface area contributed by atoms with Crippen LogP contribution in [0.2, 0.25) is 0 Å². The van der Waals surface area contributed by atoms with Crippen molar-refractivity contribution in [3.63, 3.8) is 0 Å². The lowest BCUT2D eigenvalue weighted by atomic mass is 10.1. The van der Waals surface area contributed by atoms with Gasteiger partial charge in [-0.1, -0.05) is 19.9 Å². The Labute approximate surface area is 112 Å². The third-order valence-electron chi connectivity index (χ3n) is 2.91. The Bertz CT molecular complexity index is 376. The van der Waals surface area contributed by atoms with E-state index in [0.29, 0.717) is 16.6 Å². The van der Waals surface area contributed by atoms with E-state index in [1.54, 1.807) is 23.9 Å². The average molecular weight is 272 g/mol. The molecule has 3 N–H and O–H groups in total. The van der Waals surface area contributed by atoms with E-state index in [9.17, 15) is 4.39 Å². The molecule has 5 heteroatoms. The number of hydrazine groups is 1. The standard InChI is InChI=1S/C13H21FN2OS/c1-4-9(2)18-8-13(16-15)11-6-5-10(17-3)7-12(11)14/h5-7,9,13,16H,4,8,15H2,1-3H3. The molecular formula is C13H21FN2OS. The van der Waals surface area contributed by atoms with Gasteiger partial charge in [0.15, 0.2) is 0 Å². The number of nitrogens with two attached hydrogens (primary N) is 1. The van der Waals surface area contributed by atoms with E-state index in [1.165, 1.54) is 13.2 Å². The summed E-state index contributed by atoms with van der Waals surface area (Å²) in [4.78, 5) is 0. The number of hydrogen-bond donors (Lipinski definition) is 2. The molecule has 0 spiro atoms. The smallest absolute Gasteiger partial charge is 0.131 e. The molecule has 0 saturated heterocycles. The van der Waals surface area contributed by atoms with Crippen molar-refractivity contribution in [1.82, 2.24) is 5.43 Å². The lowest BCUT2D eigenvalue weighted by Gasteiger charge is -2.19. The fourth-order valence-corrected chi connectivity index (χ4v) is 2.56. The molecule has 2 unspecified atom stereocenters. The normalized spacial score (nSPS) is 14.3. The summed E-state index contributed by atoms with van der Waals surface area (Å²) in [7, 11) is 1.52. The first-order chi connectivity index (χ1) is 8.62. The Balaban J connectivity index is 2.75. The second-order valence-corrected chi connectivity index (χ2v) is 5.63. The van der Waals surface area contributed by atoms with Crippen molar-refractivity contribution in [3.05, 3.63) is 29.6 Å². The molecule has 0 heterocycles. The quantitative estimate of drug-likeness (QED) is 0.592. The van der Waals surface area contributed by atoms with Crippen molar-refractivity contribution in [2.75, 3.05) is 12.9 Å². The maximum Gasteiger partial charge on any atom is 0.131 e. The van der Waals surface area contributed by atoms with Crippen molar-refractivity contribution >= 4 is 11.8 Å². The predicted octanol–water partition coefficient (Wildman–Crippen LogP) is 2.87. The molecule has 0 radical (unpaired) electrons. The first-order valence-corrected chi connectivity index (χ1v) is 7.08. The maximum absolute atomic E-state index is 13.9. The zero-order valence-electron chi connectivity index (χ0n) is 11.1. The van der Waals surface area contributed by atoms with Crippen LogP contribution < -0.4 is 16.0 Å². The Hall–Kier alpha value is -0.780. The third kappa shape index (κ3) is 4.15. The van der Waals surface area contributed by atoms with E-state index in [0.717, 1.165) is 12.2 Å². The molecule has 1 aromatic rings. The van der Waals surface area contributed by atoms with Crippen LogP contribution in [0.5, 0.6) is 5.75 Å². The van der Waals surface area contributed by atoms with Gasteiger partial charge in [-0.3, -0.25) is 11.3 Å². The zero-order valence-corrected chi connectivity index (χ0v) is 11.9. The molecule has 18 heavy (non-hydrogen) atoms. The van der Waals surface area contributed by atoms with Crippen LogP contribution in [-0.4, -0.2) is 18.1 Å². The molecule has 0 bridgehead atoms. The first kappa shape index (κ1) is 15.3. The van der Waals surface area contributed by atoms with Gasteiger partial charge in [-0.05, 0) is 12.5 Å². The van der Waals surface area contributed by atoms with E-state index in [2.05, 4.69) is 19.3 Å². The highest BCUT2D eigenvalue weighted by molar-refractivity contribution is 7.99. The molecule has 0 aliphatic carbocycles. The molecule has 3 nitrogen and oxygen atoms in total. The maximum atomic E-state index is 13.9. The lowest BCUT2D eigenvalue weighted by molar-refractivity contribution is 0.409. The van der Waals surface area contributed by atoms with E-state index >= 15 is 0 Å². The SMILES string of the molecule is CCC(C)SCC(NN)c1ccc(OC)cc1F. The second kappa shape index (κ2) is 7.61. The number of rotatable bonds is 7. The van der Waals surface area contributed by atoms with Gasteiger partial charge in [0.2, 0.25) is 0 Å². The van der Waals surface area contributed by atoms with Crippen molar-refractivity contribution in [2.24, 2.45) is 5.84 Å². The van der Waals surface area contributed by atoms with Crippen molar-refractivity contribution in [2.45, 2.75) is 31.6 Å². The second-order valence-electron chi connectivity index (χ2n) is 4.16. The van der Waals surface area contributed by atoms with Crippen LogP contribution in [0.4, 0.5) is 4.39 Å².